The Hall–Kier alpha value is -1.36. The Morgan fingerprint density at radius 3 is 2.06 bits per heavy atom. The summed E-state index contributed by atoms with van der Waals surface area (Å²) in [6, 6.07) is 20.2. The maximum absolute atomic E-state index is 11.1. The first kappa shape index (κ1) is 12.1. The molecule has 1 nitrogen and oxygen atoms in total. The van der Waals surface area contributed by atoms with Crippen LogP contribution in [0.3, 0.4) is 0 Å². The van der Waals surface area contributed by atoms with Crippen molar-refractivity contribution in [2.45, 2.75) is 0 Å². The third-order valence-electron chi connectivity index (χ3n) is 2.20. The molecule has 0 aliphatic rings. The number of carbonyl (C=O) groups excluding carboxylic acids is 1. The van der Waals surface area contributed by atoms with E-state index >= 15 is 0 Å². The van der Waals surface area contributed by atoms with Crippen LogP contribution in [0.5, 0.6) is 0 Å². The Labute approximate surface area is 111 Å². The molecule has 0 atom stereocenters. The summed E-state index contributed by atoms with van der Waals surface area (Å²) in [5.74, 6) is 0. The molecule has 2 heteroatoms. The van der Waals surface area contributed by atoms with Gasteiger partial charge in [-0.25, -0.2) is 0 Å². The number of allylic oxidation sites excluding steroid dienone is 1. The topological polar surface area (TPSA) is 17.1 Å². The van der Waals surface area contributed by atoms with Gasteiger partial charge in [-0.3, -0.25) is 0 Å². The summed E-state index contributed by atoms with van der Waals surface area (Å²) >= 11 is -0.563. The Kier molecular flexibility index (Phi) is 4.55. The molecule has 0 heterocycles. The maximum atomic E-state index is 11.1. The van der Waals surface area contributed by atoms with Crippen molar-refractivity contribution in [3.8, 4) is 0 Å². The zero-order valence-corrected chi connectivity index (χ0v) is 11.6. The summed E-state index contributed by atoms with van der Waals surface area (Å²) in [5.41, 5.74) is 1.09. The summed E-state index contributed by atoms with van der Waals surface area (Å²) in [7, 11) is 0. The van der Waals surface area contributed by atoms with Crippen molar-refractivity contribution in [2.24, 2.45) is 0 Å². The molecular formula is C15H12OTe. The molecule has 0 amide bonds. The van der Waals surface area contributed by atoms with Gasteiger partial charge in [0.25, 0.3) is 0 Å². The first-order valence-corrected chi connectivity index (χ1v) is 7.66. The van der Waals surface area contributed by atoms with Crippen molar-refractivity contribution in [1.29, 1.82) is 0 Å². The molecule has 84 valence electrons. The van der Waals surface area contributed by atoms with Crippen LogP contribution in [-0.4, -0.2) is 27.2 Å². The van der Waals surface area contributed by atoms with Gasteiger partial charge in [-0.15, -0.1) is 0 Å². The van der Waals surface area contributed by atoms with E-state index in [1.54, 1.807) is 0 Å². The number of rotatable bonds is 4. The van der Waals surface area contributed by atoms with E-state index in [0.717, 1.165) is 15.5 Å². The molecule has 0 N–H and O–H groups in total. The second-order valence-corrected chi connectivity index (χ2v) is 6.76. The van der Waals surface area contributed by atoms with Crippen molar-refractivity contribution in [1.82, 2.24) is 0 Å². The molecule has 2 aromatic rings. The number of hydrogen-bond donors (Lipinski definition) is 0. The van der Waals surface area contributed by atoms with Crippen LogP contribution >= 0.6 is 0 Å². The minimum absolute atomic E-state index is 0.563. The van der Waals surface area contributed by atoms with Gasteiger partial charge >= 0.3 is 112 Å². The average molecular weight is 336 g/mol. The fraction of sp³-hybridized carbons (Fsp3) is 0. The molecule has 0 bridgehead atoms. The number of hydrogen-bond acceptors (Lipinski definition) is 1. The summed E-state index contributed by atoms with van der Waals surface area (Å²) < 4.78 is 2.21. The molecular weight excluding hydrogens is 324 g/mol. The quantitative estimate of drug-likeness (QED) is 0.476. The number of benzene rings is 2. The van der Waals surface area contributed by atoms with Crippen LogP contribution in [0.15, 0.2) is 64.3 Å². The first-order valence-electron chi connectivity index (χ1n) is 5.33. The van der Waals surface area contributed by atoms with Crippen LogP contribution < -0.4 is 3.61 Å². The van der Waals surface area contributed by atoms with Crippen LogP contribution in [0.1, 0.15) is 5.56 Å². The fourth-order valence-electron chi connectivity index (χ4n) is 1.43. The number of aldehydes is 1. The van der Waals surface area contributed by atoms with Gasteiger partial charge in [0.2, 0.25) is 0 Å². The van der Waals surface area contributed by atoms with E-state index in [4.69, 9.17) is 0 Å². The Bertz CT molecular complexity index is 503. The molecule has 0 spiro atoms. The predicted molar refractivity (Wildman–Crippen MR) is 72.3 cm³/mol. The van der Waals surface area contributed by atoms with Gasteiger partial charge in [-0.1, -0.05) is 0 Å². The molecule has 0 aliphatic heterocycles. The molecule has 0 unspecified atom stereocenters. The standard InChI is InChI=1S/C15H12OTe/c16-12-15(11-13-7-3-1-4-8-13)17-14-9-5-2-6-10-14/h1-12H/b15-11-. The van der Waals surface area contributed by atoms with Gasteiger partial charge < -0.3 is 0 Å². The monoisotopic (exact) mass is 338 g/mol. The van der Waals surface area contributed by atoms with Crippen molar-refractivity contribution in [3.05, 3.63) is 69.8 Å². The van der Waals surface area contributed by atoms with Gasteiger partial charge in [0, 0.05) is 0 Å². The second-order valence-electron chi connectivity index (χ2n) is 3.49. The van der Waals surface area contributed by atoms with E-state index in [1.165, 1.54) is 3.61 Å². The average Bonchev–Trinajstić information content (AvgIpc) is 2.40. The van der Waals surface area contributed by atoms with Crippen molar-refractivity contribution in [2.75, 3.05) is 0 Å². The van der Waals surface area contributed by atoms with Crippen LogP contribution in [0, 0.1) is 0 Å². The van der Waals surface area contributed by atoms with Crippen LogP contribution in [0.25, 0.3) is 6.08 Å². The Morgan fingerprint density at radius 1 is 0.882 bits per heavy atom. The van der Waals surface area contributed by atoms with E-state index in [0.29, 0.717) is 0 Å². The second kappa shape index (κ2) is 6.39. The fourth-order valence-corrected chi connectivity index (χ4v) is 3.73. The normalized spacial score (nSPS) is 11.2. The summed E-state index contributed by atoms with van der Waals surface area (Å²) in [5, 5.41) is 0. The first-order chi connectivity index (χ1) is 8.38. The zero-order valence-electron chi connectivity index (χ0n) is 9.24. The Balaban J connectivity index is 2.18. The van der Waals surface area contributed by atoms with Crippen molar-refractivity contribution >= 4 is 36.9 Å². The van der Waals surface area contributed by atoms with Gasteiger partial charge in [-0.2, -0.15) is 0 Å². The molecule has 0 radical (unpaired) electrons. The molecule has 0 fully saturated rings. The molecule has 2 rings (SSSR count). The van der Waals surface area contributed by atoms with Crippen molar-refractivity contribution < 1.29 is 4.79 Å². The van der Waals surface area contributed by atoms with Crippen molar-refractivity contribution in [3.63, 3.8) is 0 Å². The Morgan fingerprint density at radius 2 is 1.47 bits per heavy atom. The number of carbonyl (C=O) groups is 1. The molecule has 17 heavy (non-hydrogen) atoms. The van der Waals surface area contributed by atoms with Crippen LogP contribution in [0.4, 0.5) is 0 Å². The molecule has 0 saturated carbocycles. The zero-order chi connectivity index (χ0) is 11.9. The van der Waals surface area contributed by atoms with E-state index in [9.17, 15) is 4.79 Å². The third kappa shape index (κ3) is 3.85. The van der Waals surface area contributed by atoms with Gasteiger partial charge in [-0.05, 0) is 0 Å². The van der Waals surface area contributed by atoms with Gasteiger partial charge in [0.1, 0.15) is 0 Å². The third-order valence-corrected chi connectivity index (χ3v) is 4.94. The van der Waals surface area contributed by atoms with Gasteiger partial charge in [0.15, 0.2) is 0 Å². The van der Waals surface area contributed by atoms with E-state index in [-0.39, 0.29) is 0 Å². The molecule has 0 saturated heterocycles. The van der Waals surface area contributed by atoms with E-state index in [1.807, 2.05) is 54.6 Å². The molecule has 0 aromatic heterocycles. The summed E-state index contributed by atoms with van der Waals surface area (Å²) in [6.07, 6.45) is 2.98. The SMILES string of the molecule is O=C/C(=C/c1ccccc1)[Te]c1ccccc1. The van der Waals surface area contributed by atoms with Crippen LogP contribution in [-0.2, 0) is 4.79 Å². The van der Waals surface area contributed by atoms with Gasteiger partial charge in [0.05, 0.1) is 0 Å². The van der Waals surface area contributed by atoms with E-state index < -0.39 is 20.9 Å². The summed E-state index contributed by atoms with van der Waals surface area (Å²) in [6.45, 7) is 0. The summed E-state index contributed by atoms with van der Waals surface area (Å²) in [4.78, 5) is 11.1. The molecule has 0 aliphatic carbocycles. The molecule has 2 aromatic carbocycles. The minimum atomic E-state index is -0.563. The predicted octanol–water partition coefficient (Wildman–Crippen LogP) is 2.26. The van der Waals surface area contributed by atoms with E-state index in [2.05, 4.69) is 12.1 Å². The van der Waals surface area contributed by atoms with Crippen LogP contribution in [0.2, 0.25) is 0 Å².